The van der Waals surface area contributed by atoms with E-state index in [0.29, 0.717) is 0 Å². The molecular weight excluding hydrogens is 250 g/mol. The van der Waals surface area contributed by atoms with Crippen LogP contribution in [-0.4, -0.2) is 26.3 Å². The molecule has 0 unspecified atom stereocenters. The first-order valence-electron chi connectivity index (χ1n) is 7.41. The number of hydrogen-bond acceptors (Lipinski definition) is 4. The monoisotopic (exact) mass is 273 g/mol. The van der Waals surface area contributed by atoms with Gasteiger partial charge in [0.15, 0.2) is 0 Å². The average Bonchev–Trinajstić information content (AvgIpc) is 2.94. The van der Waals surface area contributed by atoms with Crippen LogP contribution in [0.3, 0.4) is 0 Å². The van der Waals surface area contributed by atoms with Crippen molar-refractivity contribution in [2.75, 3.05) is 11.9 Å². The van der Waals surface area contributed by atoms with Gasteiger partial charge >= 0.3 is 0 Å². The SMILES string of the molecule is CCCNc1ncnc(-c2ccnn2CC)c1CCC. The van der Waals surface area contributed by atoms with Crippen molar-refractivity contribution in [2.45, 2.75) is 46.6 Å². The molecule has 1 N–H and O–H groups in total. The number of aryl methyl sites for hydroxylation is 1. The Balaban J connectivity index is 2.46. The Morgan fingerprint density at radius 2 is 2.00 bits per heavy atom. The zero-order valence-electron chi connectivity index (χ0n) is 12.6. The smallest absolute Gasteiger partial charge is 0.133 e. The van der Waals surface area contributed by atoms with Gasteiger partial charge in [-0.25, -0.2) is 9.97 Å². The topological polar surface area (TPSA) is 55.6 Å². The van der Waals surface area contributed by atoms with E-state index >= 15 is 0 Å². The first-order chi connectivity index (χ1) is 9.81. The predicted octanol–water partition coefficient (Wildman–Crippen LogP) is 3.13. The Bertz CT molecular complexity index is 547. The van der Waals surface area contributed by atoms with Crippen LogP contribution < -0.4 is 5.32 Å². The van der Waals surface area contributed by atoms with Gasteiger partial charge < -0.3 is 5.32 Å². The van der Waals surface area contributed by atoms with Gasteiger partial charge in [0.2, 0.25) is 0 Å². The lowest BCUT2D eigenvalue weighted by molar-refractivity contribution is 0.664. The van der Waals surface area contributed by atoms with Crippen molar-refractivity contribution >= 4 is 5.82 Å². The molecule has 2 rings (SSSR count). The molecule has 0 saturated heterocycles. The largest absolute Gasteiger partial charge is 0.370 e. The Kier molecular flexibility index (Phi) is 5.09. The van der Waals surface area contributed by atoms with E-state index in [-0.39, 0.29) is 0 Å². The van der Waals surface area contributed by atoms with E-state index in [1.165, 1.54) is 5.56 Å². The minimum atomic E-state index is 0.843. The van der Waals surface area contributed by atoms with E-state index in [0.717, 1.165) is 49.6 Å². The summed E-state index contributed by atoms with van der Waals surface area (Å²) in [7, 11) is 0. The Morgan fingerprint density at radius 3 is 2.70 bits per heavy atom. The quantitative estimate of drug-likeness (QED) is 0.842. The first kappa shape index (κ1) is 14.5. The molecule has 0 amide bonds. The standard InChI is InChI=1S/C15H23N5/c1-4-7-12-14(13-8-10-19-20(13)6-3)17-11-18-15(12)16-9-5-2/h8,10-11H,4-7,9H2,1-3H3,(H,16,17,18). The van der Waals surface area contributed by atoms with Crippen molar-refractivity contribution in [1.29, 1.82) is 0 Å². The van der Waals surface area contributed by atoms with Crippen LogP contribution in [0.15, 0.2) is 18.6 Å². The summed E-state index contributed by atoms with van der Waals surface area (Å²) in [5.41, 5.74) is 3.26. The lowest BCUT2D eigenvalue weighted by atomic mass is 10.1. The number of hydrogen-bond donors (Lipinski definition) is 1. The van der Waals surface area contributed by atoms with Gasteiger partial charge in [0, 0.05) is 24.8 Å². The lowest BCUT2D eigenvalue weighted by Gasteiger charge is -2.14. The molecule has 0 aliphatic carbocycles. The normalized spacial score (nSPS) is 10.8. The maximum absolute atomic E-state index is 4.51. The number of nitrogens with one attached hydrogen (secondary N) is 1. The van der Waals surface area contributed by atoms with Crippen LogP contribution >= 0.6 is 0 Å². The molecule has 0 saturated carbocycles. The van der Waals surface area contributed by atoms with E-state index in [4.69, 9.17) is 0 Å². The molecule has 20 heavy (non-hydrogen) atoms. The Morgan fingerprint density at radius 1 is 1.15 bits per heavy atom. The van der Waals surface area contributed by atoms with Crippen molar-refractivity contribution in [3.8, 4) is 11.4 Å². The van der Waals surface area contributed by atoms with Gasteiger partial charge in [0.25, 0.3) is 0 Å². The van der Waals surface area contributed by atoms with Gasteiger partial charge in [0.05, 0.1) is 11.4 Å². The summed E-state index contributed by atoms with van der Waals surface area (Å²) in [6.07, 6.45) is 6.59. The third-order valence-electron chi connectivity index (χ3n) is 3.25. The maximum Gasteiger partial charge on any atom is 0.133 e. The molecule has 0 aliphatic rings. The fraction of sp³-hybridized carbons (Fsp3) is 0.533. The molecule has 2 aromatic heterocycles. The third kappa shape index (κ3) is 2.98. The summed E-state index contributed by atoms with van der Waals surface area (Å²) in [5, 5.41) is 7.75. The zero-order valence-corrected chi connectivity index (χ0v) is 12.6. The Hall–Kier alpha value is -1.91. The summed E-state index contributed by atoms with van der Waals surface area (Å²) >= 11 is 0. The van der Waals surface area contributed by atoms with Gasteiger partial charge in [-0.15, -0.1) is 0 Å². The first-order valence-corrected chi connectivity index (χ1v) is 7.41. The molecule has 0 aromatic carbocycles. The van der Waals surface area contributed by atoms with Gasteiger partial charge in [-0.2, -0.15) is 5.10 Å². The lowest BCUT2D eigenvalue weighted by Crippen LogP contribution is -2.09. The van der Waals surface area contributed by atoms with E-state index < -0.39 is 0 Å². The molecule has 0 aliphatic heterocycles. The maximum atomic E-state index is 4.51. The minimum absolute atomic E-state index is 0.843. The molecule has 0 radical (unpaired) electrons. The van der Waals surface area contributed by atoms with Crippen LogP contribution in [0.25, 0.3) is 11.4 Å². The average molecular weight is 273 g/mol. The molecule has 0 spiro atoms. The van der Waals surface area contributed by atoms with Crippen LogP contribution in [-0.2, 0) is 13.0 Å². The van der Waals surface area contributed by atoms with Gasteiger partial charge in [-0.3, -0.25) is 4.68 Å². The van der Waals surface area contributed by atoms with Crippen LogP contribution in [0.5, 0.6) is 0 Å². The second kappa shape index (κ2) is 7.03. The molecule has 5 heteroatoms. The highest BCUT2D eigenvalue weighted by molar-refractivity contribution is 5.65. The van der Waals surface area contributed by atoms with E-state index in [1.807, 2.05) is 16.9 Å². The third-order valence-corrected chi connectivity index (χ3v) is 3.25. The second-order valence-electron chi connectivity index (χ2n) is 4.76. The van der Waals surface area contributed by atoms with Crippen molar-refractivity contribution in [1.82, 2.24) is 19.7 Å². The molecule has 2 aromatic rings. The number of anilines is 1. The minimum Gasteiger partial charge on any atom is -0.370 e. The summed E-state index contributed by atoms with van der Waals surface area (Å²) in [4.78, 5) is 8.91. The molecular formula is C15H23N5. The number of rotatable bonds is 7. The van der Waals surface area contributed by atoms with Crippen molar-refractivity contribution in [3.63, 3.8) is 0 Å². The Labute approximate surface area is 120 Å². The number of nitrogens with zero attached hydrogens (tertiary/aromatic N) is 4. The molecule has 108 valence electrons. The molecule has 0 bridgehead atoms. The van der Waals surface area contributed by atoms with Gasteiger partial charge in [0.1, 0.15) is 12.1 Å². The molecule has 5 nitrogen and oxygen atoms in total. The van der Waals surface area contributed by atoms with Crippen LogP contribution in [0, 0.1) is 0 Å². The van der Waals surface area contributed by atoms with Crippen molar-refractivity contribution < 1.29 is 0 Å². The zero-order chi connectivity index (χ0) is 14.4. The summed E-state index contributed by atoms with van der Waals surface area (Å²) in [6, 6.07) is 2.02. The molecule has 0 atom stereocenters. The van der Waals surface area contributed by atoms with Crippen molar-refractivity contribution in [3.05, 3.63) is 24.2 Å². The van der Waals surface area contributed by atoms with E-state index in [2.05, 4.69) is 41.2 Å². The highest BCUT2D eigenvalue weighted by atomic mass is 15.3. The fourth-order valence-corrected chi connectivity index (χ4v) is 2.30. The summed E-state index contributed by atoms with van der Waals surface area (Å²) in [6.45, 7) is 8.20. The molecule has 0 fully saturated rings. The van der Waals surface area contributed by atoms with Crippen molar-refractivity contribution in [2.24, 2.45) is 0 Å². The van der Waals surface area contributed by atoms with E-state index in [9.17, 15) is 0 Å². The highest BCUT2D eigenvalue weighted by Gasteiger charge is 2.15. The van der Waals surface area contributed by atoms with Crippen LogP contribution in [0.2, 0.25) is 0 Å². The predicted molar refractivity (Wildman–Crippen MR) is 81.7 cm³/mol. The fourth-order valence-electron chi connectivity index (χ4n) is 2.30. The summed E-state index contributed by atoms with van der Waals surface area (Å²) < 4.78 is 1.98. The molecule has 2 heterocycles. The van der Waals surface area contributed by atoms with Gasteiger partial charge in [-0.1, -0.05) is 20.3 Å². The van der Waals surface area contributed by atoms with E-state index in [1.54, 1.807) is 6.33 Å². The highest BCUT2D eigenvalue weighted by Crippen LogP contribution is 2.26. The van der Waals surface area contributed by atoms with Crippen LogP contribution in [0.1, 0.15) is 39.2 Å². The summed E-state index contributed by atoms with van der Waals surface area (Å²) in [5.74, 6) is 0.961. The van der Waals surface area contributed by atoms with Crippen LogP contribution in [0.4, 0.5) is 5.82 Å². The second-order valence-corrected chi connectivity index (χ2v) is 4.76. The van der Waals surface area contributed by atoms with Gasteiger partial charge in [-0.05, 0) is 25.8 Å². The number of aromatic nitrogens is 4.